The van der Waals surface area contributed by atoms with E-state index >= 15 is 0 Å². The van der Waals surface area contributed by atoms with Crippen LogP contribution in [0.25, 0.3) is 11.1 Å². The van der Waals surface area contributed by atoms with Crippen LogP contribution in [0.1, 0.15) is 37.8 Å². The highest BCUT2D eigenvalue weighted by molar-refractivity contribution is 7.89. The van der Waals surface area contributed by atoms with Gasteiger partial charge in [-0.1, -0.05) is 12.1 Å². The molecule has 194 valence electrons. The minimum atomic E-state index is -3.75. The Balaban J connectivity index is 1.33. The van der Waals surface area contributed by atoms with Crippen molar-refractivity contribution in [2.45, 2.75) is 50.2 Å². The first-order valence-electron chi connectivity index (χ1n) is 12.9. The molecule has 8 rings (SSSR count). The van der Waals surface area contributed by atoms with Crippen LogP contribution in [0.15, 0.2) is 35.6 Å². The van der Waals surface area contributed by atoms with Crippen molar-refractivity contribution in [3.63, 3.8) is 0 Å². The molecule has 1 aliphatic carbocycles. The van der Waals surface area contributed by atoms with Gasteiger partial charge in [-0.2, -0.15) is 9.29 Å². The highest BCUT2D eigenvalue weighted by Crippen LogP contribution is 2.44. The third-order valence-corrected chi connectivity index (χ3v) is 10.1. The molecule has 0 amide bonds. The second-order valence-corrected chi connectivity index (χ2v) is 13.4. The van der Waals surface area contributed by atoms with Gasteiger partial charge in [-0.3, -0.25) is 4.90 Å². The van der Waals surface area contributed by atoms with Gasteiger partial charge in [0.05, 0.1) is 5.69 Å². The normalized spacial score (nSPS) is 29.0. The first kappa shape index (κ1) is 23.1. The van der Waals surface area contributed by atoms with Crippen LogP contribution in [0.5, 0.6) is 5.88 Å². The lowest BCUT2D eigenvalue weighted by atomic mass is 9.81. The lowest BCUT2D eigenvalue weighted by molar-refractivity contribution is 0.0383. The molecule has 0 saturated carbocycles. The van der Waals surface area contributed by atoms with Crippen molar-refractivity contribution < 1.29 is 13.2 Å². The standard InChI is InChI=1S/C26H31N7O3S/c1-25(2)16-36-21-12-18(8-10-27-21)20-7-6-17-4-3-5-19(17)22(20)28-23-29-24(31-30-23)37(34,35)33-14-26(15-33)9-11-32(25)13-26/h6-8,10,12H,3-5,9,11,13-16H2,1-2H3,(H2,28,29,30,31). The van der Waals surface area contributed by atoms with Crippen LogP contribution < -0.4 is 10.1 Å². The highest BCUT2D eigenvalue weighted by atomic mass is 32.2. The smallest absolute Gasteiger partial charge is 0.278 e. The molecular weight excluding hydrogens is 490 g/mol. The Hall–Kier alpha value is -3.02. The summed E-state index contributed by atoms with van der Waals surface area (Å²) in [5.74, 6) is 0.837. The Labute approximate surface area is 216 Å². The Morgan fingerprint density at radius 3 is 2.84 bits per heavy atom. The predicted molar refractivity (Wildman–Crippen MR) is 138 cm³/mol. The molecule has 4 aliphatic heterocycles. The maximum atomic E-state index is 13.4. The number of fused-ring (bicyclic) bond motifs is 3. The summed E-state index contributed by atoms with van der Waals surface area (Å²) in [6, 6.07) is 8.22. The number of hydrogen-bond donors (Lipinski definition) is 2. The zero-order valence-electron chi connectivity index (χ0n) is 21.1. The van der Waals surface area contributed by atoms with E-state index in [2.05, 4.69) is 56.4 Å². The number of aromatic nitrogens is 4. The maximum Gasteiger partial charge on any atom is 0.278 e. The van der Waals surface area contributed by atoms with E-state index in [1.807, 2.05) is 12.1 Å². The van der Waals surface area contributed by atoms with Gasteiger partial charge in [0, 0.05) is 48.4 Å². The van der Waals surface area contributed by atoms with Gasteiger partial charge in [0.15, 0.2) is 0 Å². The average molecular weight is 522 g/mol. The van der Waals surface area contributed by atoms with E-state index in [9.17, 15) is 8.42 Å². The van der Waals surface area contributed by atoms with Crippen LogP contribution >= 0.6 is 0 Å². The monoisotopic (exact) mass is 521 g/mol. The van der Waals surface area contributed by atoms with Gasteiger partial charge >= 0.3 is 0 Å². The molecule has 1 unspecified atom stereocenters. The Bertz CT molecular complexity index is 1490. The fourth-order valence-electron chi connectivity index (χ4n) is 6.28. The molecule has 1 spiro atoms. The number of aromatic amines is 1. The third-order valence-electron chi connectivity index (χ3n) is 8.51. The van der Waals surface area contributed by atoms with Crippen LogP contribution in [0.2, 0.25) is 0 Å². The van der Waals surface area contributed by atoms with Gasteiger partial charge in [-0.15, -0.1) is 5.10 Å². The van der Waals surface area contributed by atoms with Gasteiger partial charge in [0.1, 0.15) is 6.61 Å². The summed E-state index contributed by atoms with van der Waals surface area (Å²) in [6.45, 7) is 7.59. The van der Waals surface area contributed by atoms with Gasteiger partial charge < -0.3 is 10.1 Å². The van der Waals surface area contributed by atoms with E-state index in [-0.39, 0.29) is 22.1 Å². The van der Waals surface area contributed by atoms with Crippen molar-refractivity contribution in [3.8, 4) is 17.0 Å². The van der Waals surface area contributed by atoms with E-state index in [0.29, 0.717) is 25.6 Å². The van der Waals surface area contributed by atoms with Crippen molar-refractivity contribution in [1.82, 2.24) is 29.4 Å². The molecule has 2 saturated heterocycles. The zero-order chi connectivity index (χ0) is 25.4. The molecule has 1 atom stereocenters. The number of benzene rings is 1. The molecule has 37 heavy (non-hydrogen) atoms. The number of nitrogens with zero attached hydrogens (tertiary/aromatic N) is 5. The molecule has 5 aliphatic rings. The predicted octanol–water partition coefficient (Wildman–Crippen LogP) is 2.97. The second-order valence-electron chi connectivity index (χ2n) is 11.5. The van der Waals surface area contributed by atoms with E-state index in [0.717, 1.165) is 55.6 Å². The number of pyridine rings is 1. The molecule has 11 heteroatoms. The number of H-pyrrole nitrogens is 1. The second kappa shape index (κ2) is 7.99. The van der Waals surface area contributed by atoms with Crippen molar-refractivity contribution in [1.29, 1.82) is 0 Å². The fourth-order valence-corrected chi connectivity index (χ4v) is 7.78. The lowest BCUT2D eigenvalue weighted by Crippen LogP contribution is -2.60. The Morgan fingerprint density at radius 2 is 1.97 bits per heavy atom. The summed E-state index contributed by atoms with van der Waals surface area (Å²) in [4.78, 5) is 11.3. The van der Waals surface area contributed by atoms with Crippen molar-refractivity contribution in [2.24, 2.45) is 5.41 Å². The van der Waals surface area contributed by atoms with Gasteiger partial charge in [0.25, 0.3) is 15.2 Å². The minimum Gasteiger partial charge on any atom is -0.476 e. The summed E-state index contributed by atoms with van der Waals surface area (Å²) in [7, 11) is -3.75. The summed E-state index contributed by atoms with van der Waals surface area (Å²) in [5, 5.41) is 10.2. The van der Waals surface area contributed by atoms with Crippen molar-refractivity contribution in [3.05, 3.63) is 41.6 Å². The number of hydrogen-bond acceptors (Lipinski definition) is 8. The number of ether oxygens (including phenoxy) is 1. The molecule has 2 N–H and O–H groups in total. The molecule has 7 bridgehead atoms. The average Bonchev–Trinajstić information content (AvgIpc) is 3.61. The Kier molecular flexibility index (Phi) is 4.99. The van der Waals surface area contributed by atoms with Gasteiger partial charge in [0.2, 0.25) is 11.8 Å². The fraction of sp³-hybridized carbons (Fsp3) is 0.500. The lowest BCUT2D eigenvalue weighted by Gasteiger charge is -2.47. The number of sulfonamides is 1. The molecule has 2 aromatic heterocycles. The summed E-state index contributed by atoms with van der Waals surface area (Å²) in [6.07, 6.45) is 5.77. The number of aryl methyl sites for hydroxylation is 1. The molecule has 2 fully saturated rings. The number of anilines is 2. The largest absolute Gasteiger partial charge is 0.476 e. The van der Waals surface area contributed by atoms with E-state index < -0.39 is 10.0 Å². The highest BCUT2D eigenvalue weighted by Gasteiger charge is 2.54. The van der Waals surface area contributed by atoms with Gasteiger partial charge in [-0.25, -0.2) is 18.5 Å². The van der Waals surface area contributed by atoms with Crippen LogP contribution in [0.4, 0.5) is 11.6 Å². The van der Waals surface area contributed by atoms with Crippen LogP contribution in [-0.4, -0.2) is 76.1 Å². The number of rotatable bonds is 0. The summed E-state index contributed by atoms with van der Waals surface area (Å²) < 4.78 is 34.5. The molecule has 0 radical (unpaired) electrons. The topological polar surface area (TPSA) is 116 Å². The van der Waals surface area contributed by atoms with Crippen molar-refractivity contribution in [2.75, 3.05) is 38.1 Å². The maximum absolute atomic E-state index is 13.4. The summed E-state index contributed by atoms with van der Waals surface area (Å²) in [5.41, 5.74) is 5.12. The van der Waals surface area contributed by atoms with E-state index in [1.54, 1.807) is 6.20 Å². The third kappa shape index (κ3) is 3.74. The molecular formula is C26H31N7O3S. The minimum absolute atomic E-state index is 0.0332. The first-order valence-corrected chi connectivity index (χ1v) is 14.4. The molecule has 1 aromatic carbocycles. The first-order chi connectivity index (χ1) is 17.7. The van der Waals surface area contributed by atoms with Crippen LogP contribution in [0, 0.1) is 5.41 Å². The molecule has 3 aromatic rings. The van der Waals surface area contributed by atoms with E-state index in [1.165, 1.54) is 15.4 Å². The molecule has 10 nitrogen and oxygen atoms in total. The van der Waals surface area contributed by atoms with Crippen molar-refractivity contribution >= 4 is 21.7 Å². The SMILES string of the molecule is CC1(C)COc2cc(ccn2)-c2ccc3c(c2Nc2n[nH]c(n2)S(=O)(=O)N2CC4(CCN1C4)C2)CCC3. The Morgan fingerprint density at radius 1 is 1.11 bits per heavy atom. The molecule has 6 heterocycles. The zero-order valence-corrected chi connectivity index (χ0v) is 21.9. The number of nitrogens with one attached hydrogen (secondary N) is 2. The quantitative estimate of drug-likeness (QED) is 0.464. The van der Waals surface area contributed by atoms with Crippen LogP contribution in [0.3, 0.4) is 0 Å². The van der Waals surface area contributed by atoms with Crippen LogP contribution in [-0.2, 0) is 22.9 Å². The van der Waals surface area contributed by atoms with Gasteiger partial charge in [-0.05, 0) is 68.8 Å². The summed E-state index contributed by atoms with van der Waals surface area (Å²) >= 11 is 0. The van der Waals surface area contributed by atoms with E-state index in [4.69, 9.17) is 4.74 Å².